The van der Waals surface area contributed by atoms with Gasteiger partial charge in [-0.3, -0.25) is 28.8 Å². The molecule has 3 fully saturated rings. The van der Waals surface area contributed by atoms with Gasteiger partial charge >= 0.3 is 23.9 Å². The van der Waals surface area contributed by atoms with Crippen LogP contribution in [0.5, 0.6) is 0 Å². The van der Waals surface area contributed by atoms with Gasteiger partial charge in [0.15, 0.2) is 23.6 Å². The van der Waals surface area contributed by atoms with Crippen LogP contribution < -0.4 is 16.0 Å². The third kappa shape index (κ3) is 10.6. The molecule has 3 aromatic rings. The maximum absolute atomic E-state index is 16.2. The molecule has 20 heteroatoms. The number of aliphatic hydroxyl groups excluding tert-OH is 1. The highest BCUT2D eigenvalue weighted by atomic mass is 79.9. The molecule has 2 bridgehead atoms. The molecule has 1 heterocycles. The Labute approximate surface area is 436 Å². The number of hydrogen-bond acceptors (Lipinski definition) is 16. The molecule has 3 amide bonds. The van der Waals surface area contributed by atoms with E-state index >= 15 is 4.79 Å². The minimum Gasteiger partial charge on any atom is -0.456 e. The maximum atomic E-state index is 16.2. The molecule has 0 spiro atoms. The molecule has 2 saturated carbocycles. The largest absolute Gasteiger partial charge is 0.456 e. The third-order valence-corrected chi connectivity index (χ3v) is 15.6. The second kappa shape index (κ2) is 22.7. The van der Waals surface area contributed by atoms with E-state index < -0.39 is 118 Å². The van der Waals surface area contributed by atoms with Crippen molar-refractivity contribution >= 4 is 63.3 Å². The number of carbonyl (C=O) groups is 8. The molecule has 4 aliphatic rings. The van der Waals surface area contributed by atoms with E-state index in [0.717, 1.165) is 13.8 Å². The van der Waals surface area contributed by atoms with Gasteiger partial charge in [0.1, 0.15) is 23.9 Å². The lowest BCUT2D eigenvalue weighted by Crippen LogP contribution is -2.81. The zero-order valence-electron chi connectivity index (χ0n) is 41.9. The van der Waals surface area contributed by atoms with Gasteiger partial charge in [-0.1, -0.05) is 103 Å². The number of ketones is 1. The van der Waals surface area contributed by atoms with Crippen molar-refractivity contribution < 1.29 is 77.0 Å². The Hall–Kier alpha value is -6.32. The van der Waals surface area contributed by atoms with Crippen LogP contribution in [0, 0.1) is 22.7 Å². The maximum Gasteiger partial charge on any atom is 0.338 e. The summed E-state index contributed by atoms with van der Waals surface area (Å²) in [5, 5.41) is 34.3. The molecule has 1 aliphatic heterocycles. The summed E-state index contributed by atoms with van der Waals surface area (Å²) < 4.78 is 36.7. The highest BCUT2D eigenvalue weighted by Gasteiger charge is 2.79. The summed E-state index contributed by atoms with van der Waals surface area (Å²) in [5.41, 5.74) is -7.59. The quantitative estimate of drug-likeness (QED) is 0.0400. The van der Waals surface area contributed by atoms with E-state index in [0.29, 0.717) is 5.56 Å². The van der Waals surface area contributed by atoms with Crippen molar-refractivity contribution in [2.24, 2.45) is 22.7 Å². The van der Waals surface area contributed by atoms with E-state index in [-0.39, 0.29) is 72.8 Å². The SMILES string of the molecule is CC(=O)O[C@H]1C(=O)[C@]2(C)C(C(=O)NCCOCCNC(=O)CBr)C[C@H]3OC[C@@]3(OC(C)=O)C2[C@H](OC(=O)c2ccccc2)[C@]2(O)C[C@H](OC(=O)[C@H](O)[C@@H](NC(=O)c3ccccc3)c3ccccc3)C(C)=C1C2(C)C. The number of aliphatic hydroxyl groups is 2. The Balaban J connectivity index is 1.37. The molecule has 0 aromatic heterocycles. The van der Waals surface area contributed by atoms with Crippen molar-refractivity contribution in [1.29, 1.82) is 0 Å². The average molecular weight is 1090 g/mol. The van der Waals surface area contributed by atoms with Gasteiger partial charge in [-0.2, -0.15) is 0 Å². The van der Waals surface area contributed by atoms with Crippen molar-refractivity contribution in [2.45, 2.75) is 102 Å². The van der Waals surface area contributed by atoms with E-state index in [4.69, 9.17) is 28.4 Å². The van der Waals surface area contributed by atoms with E-state index in [1.54, 1.807) is 92.7 Å². The Bertz CT molecular complexity index is 2650. The standard InChI is InChI=1S/C54H62BrN3O16/c1-30-37(72-50(67)42(62)41(33-16-10-7-11-17-33)58-47(64)34-18-12-8-13-19-34)27-54(68)46(73-49(66)35-20-14-9-15-21-35)44-52(6,45(63)43(71-31(2)59)40(30)51(54,4)5)36(26-38-53(44,29-70-38)74-32(3)60)48(65)57-23-25-69-24-22-56-39(61)28-55/h7-21,36-38,41-44,46,62,68H,22-29H2,1-6H3,(H,56,61)(H,57,65)(H,58,64)/t36?,37-,38+,41-,42+,43+,44?,46-,52+,53-,54+/m0/s1. The smallest absolute Gasteiger partial charge is 0.338 e. The molecule has 74 heavy (non-hydrogen) atoms. The van der Waals surface area contributed by atoms with Crippen LogP contribution in [0.1, 0.15) is 86.7 Å². The summed E-state index contributed by atoms with van der Waals surface area (Å²) in [6, 6.07) is 22.7. The minimum atomic E-state index is -2.49. The number of amides is 3. The molecular formula is C54H62BrN3O16. The summed E-state index contributed by atoms with van der Waals surface area (Å²) in [7, 11) is 0. The molecule has 2 unspecified atom stereocenters. The predicted octanol–water partition coefficient (Wildman–Crippen LogP) is 3.63. The number of halogens is 1. The summed E-state index contributed by atoms with van der Waals surface area (Å²) in [5.74, 6) is -9.51. The number of alkyl halides is 1. The summed E-state index contributed by atoms with van der Waals surface area (Å²) >= 11 is 3.08. The lowest BCUT2D eigenvalue weighted by Gasteiger charge is -2.67. The van der Waals surface area contributed by atoms with Gasteiger partial charge in [0.25, 0.3) is 5.91 Å². The molecule has 3 aliphatic carbocycles. The topological polar surface area (TPSA) is 268 Å². The van der Waals surface area contributed by atoms with Gasteiger partial charge < -0.3 is 54.6 Å². The highest BCUT2D eigenvalue weighted by molar-refractivity contribution is 9.09. The molecule has 7 rings (SSSR count). The Kier molecular flexibility index (Phi) is 17.0. The van der Waals surface area contributed by atoms with Crippen LogP contribution in [-0.2, 0) is 57.2 Å². The van der Waals surface area contributed by atoms with Crippen LogP contribution in [0.4, 0.5) is 0 Å². The number of Topliss-reactive ketones (excluding diaryl/α,β-unsaturated/α-hetero) is 1. The lowest BCUT2D eigenvalue weighted by atomic mass is 9.43. The molecule has 0 radical (unpaired) electrons. The van der Waals surface area contributed by atoms with E-state index in [9.17, 15) is 43.8 Å². The number of benzene rings is 3. The fraction of sp³-hybridized carbons (Fsp3) is 0.481. The number of hydrogen-bond donors (Lipinski definition) is 5. The van der Waals surface area contributed by atoms with Gasteiger partial charge in [-0.05, 0) is 54.3 Å². The zero-order chi connectivity index (χ0) is 53.8. The summed E-state index contributed by atoms with van der Waals surface area (Å²) in [6.45, 7) is 8.09. The Morgan fingerprint density at radius 1 is 0.811 bits per heavy atom. The first-order chi connectivity index (χ1) is 35.1. The number of carbonyl (C=O) groups excluding carboxylic acids is 8. The van der Waals surface area contributed by atoms with Crippen molar-refractivity contribution in [3.8, 4) is 0 Å². The van der Waals surface area contributed by atoms with E-state index in [1.807, 2.05) is 0 Å². The summed E-state index contributed by atoms with van der Waals surface area (Å²) in [6.07, 6.45) is -9.44. The number of ether oxygens (including phenoxy) is 6. The fourth-order valence-corrected chi connectivity index (χ4v) is 11.6. The van der Waals surface area contributed by atoms with Crippen LogP contribution in [0.25, 0.3) is 0 Å². The number of fused-ring (bicyclic) bond motifs is 5. The van der Waals surface area contributed by atoms with Gasteiger partial charge in [0.2, 0.25) is 11.8 Å². The monoisotopic (exact) mass is 1090 g/mol. The number of nitrogens with one attached hydrogen (secondary N) is 3. The highest BCUT2D eigenvalue weighted by Crippen LogP contribution is 2.66. The van der Waals surface area contributed by atoms with Gasteiger partial charge in [-0.25, -0.2) is 9.59 Å². The van der Waals surface area contributed by atoms with E-state index in [1.165, 1.54) is 26.0 Å². The van der Waals surface area contributed by atoms with Gasteiger partial charge in [-0.15, -0.1) is 0 Å². The first-order valence-electron chi connectivity index (χ1n) is 24.3. The first kappa shape index (κ1) is 55.4. The molecule has 11 atom stereocenters. The molecule has 19 nitrogen and oxygen atoms in total. The van der Waals surface area contributed by atoms with Gasteiger partial charge in [0, 0.05) is 44.3 Å². The molecule has 5 N–H and O–H groups in total. The second-order valence-electron chi connectivity index (χ2n) is 19.8. The zero-order valence-corrected chi connectivity index (χ0v) is 43.5. The normalized spacial score (nSPS) is 28.4. The van der Waals surface area contributed by atoms with Crippen LogP contribution in [-0.4, -0.2) is 138 Å². The van der Waals surface area contributed by atoms with Crippen LogP contribution in [0.3, 0.4) is 0 Å². The Morgan fingerprint density at radius 2 is 1.41 bits per heavy atom. The first-order valence-corrected chi connectivity index (χ1v) is 25.4. The van der Waals surface area contributed by atoms with Crippen molar-refractivity contribution in [3.63, 3.8) is 0 Å². The molecular weight excluding hydrogens is 1030 g/mol. The molecule has 1 saturated heterocycles. The third-order valence-electron chi connectivity index (χ3n) is 15.1. The summed E-state index contributed by atoms with van der Waals surface area (Å²) in [4.78, 5) is 112. The van der Waals surface area contributed by atoms with Crippen molar-refractivity contribution in [1.82, 2.24) is 16.0 Å². The average Bonchev–Trinajstić information content (AvgIpc) is 3.37. The molecule has 3 aromatic carbocycles. The van der Waals surface area contributed by atoms with Crippen LogP contribution in [0.15, 0.2) is 102 Å². The van der Waals surface area contributed by atoms with Crippen LogP contribution >= 0.6 is 15.9 Å². The second-order valence-corrected chi connectivity index (χ2v) is 20.3. The number of rotatable bonds is 18. The van der Waals surface area contributed by atoms with Crippen molar-refractivity contribution in [3.05, 3.63) is 119 Å². The van der Waals surface area contributed by atoms with Crippen LogP contribution in [0.2, 0.25) is 0 Å². The minimum absolute atomic E-state index is 0.0122. The van der Waals surface area contributed by atoms with Gasteiger partial charge in [0.05, 0.1) is 54.0 Å². The predicted molar refractivity (Wildman–Crippen MR) is 266 cm³/mol. The Morgan fingerprint density at radius 3 is 1.97 bits per heavy atom. The van der Waals surface area contributed by atoms with E-state index in [2.05, 4.69) is 31.9 Å². The lowest BCUT2D eigenvalue weighted by molar-refractivity contribution is -0.339. The number of esters is 4. The van der Waals surface area contributed by atoms with Crippen molar-refractivity contribution in [2.75, 3.05) is 38.2 Å². The molecule has 396 valence electrons. The fourth-order valence-electron chi connectivity index (χ4n) is 11.4.